The summed E-state index contributed by atoms with van der Waals surface area (Å²) in [4.78, 5) is 17.1. The SMILES string of the molecule is O=C(NN1CCCC1)N1CCN(C2CCOCC2)c2ccccc21. The van der Waals surface area contributed by atoms with Gasteiger partial charge in [-0.2, -0.15) is 0 Å². The first kappa shape index (κ1) is 15.7. The molecular formula is C18H26N4O2. The second kappa shape index (κ2) is 6.99. The Bertz CT molecular complexity index is 582. The Kier molecular flexibility index (Phi) is 4.58. The van der Waals surface area contributed by atoms with Gasteiger partial charge in [-0.1, -0.05) is 12.1 Å². The fourth-order valence-corrected chi connectivity index (χ4v) is 4.00. The van der Waals surface area contributed by atoms with E-state index in [1.807, 2.05) is 16.0 Å². The van der Waals surface area contributed by atoms with E-state index in [4.69, 9.17) is 4.74 Å². The number of nitrogens with one attached hydrogen (secondary N) is 1. The summed E-state index contributed by atoms with van der Waals surface area (Å²) in [6.07, 6.45) is 4.45. The Labute approximate surface area is 143 Å². The molecule has 0 atom stereocenters. The molecule has 0 aromatic heterocycles. The van der Waals surface area contributed by atoms with Crippen LogP contribution in [0.25, 0.3) is 0 Å². The second-order valence-electron chi connectivity index (χ2n) is 6.79. The van der Waals surface area contributed by atoms with E-state index in [1.54, 1.807) is 0 Å². The Morgan fingerprint density at radius 1 is 1.00 bits per heavy atom. The summed E-state index contributed by atoms with van der Waals surface area (Å²) in [5.74, 6) is 0. The number of hydrogen-bond donors (Lipinski definition) is 1. The third-order valence-electron chi connectivity index (χ3n) is 5.28. The van der Waals surface area contributed by atoms with Crippen LogP contribution < -0.4 is 15.2 Å². The molecule has 6 nitrogen and oxygen atoms in total. The Morgan fingerprint density at radius 3 is 2.46 bits per heavy atom. The molecule has 0 bridgehead atoms. The first-order valence-corrected chi connectivity index (χ1v) is 9.09. The lowest BCUT2D eigenvalue weighted by molar-refractivity contribution is 0.0843. The minimum Gasteiger partial charge on any atom is -0.381 e. The van der Waals surface area contributed by atoms with E-state index in [2.05, 4.69) is 28.5 Å². The van der Waals surface area contributed by atoms with Crippen molar-refractivity contribution in [3.63, 3.8) is 0 Å². The van der Waals surface area contributed by atoms with Gasteiger partial charge in [0.2, 0.25) is 0 Å². The van der Waals surface area contributed by atoms with Crippen LogP contribution in [0.15, 0.2) is 24.3 Å². The Hall–Kier alpha value is -1.79. The molecule has 1 aromatic carbocycles. The van der Waals surface area contributed by atoms with Crippen LogP contribution in [0.5, 0.6) is 0 Å². The molecule has 3 heterocycles. The molecule has 0 radical (unpaired) electrons. The van der Waals surface area contributed by atoms with Gasteiger partial charge in [-0.05, 0) is 37.8 Å². The van der Waals surface area contributed by atoms with Crippen molar-refractivity contribution in [1.29, 1.82) is 0 Å². The van der Waals surface area contributed by atoms with Crippen LogP contribution in [0.2, 0.25) is 0 Å². The van der Waals surface area contributed by atoms with Gasteiger partial charge in [0.1, 0.15) is 0 Å². The standard InChI is InChI=1S/C18H26N4O2/c23-18(19-20-9-3-4-10-20)22-12-11-21(15-7-13-24-14-8-15)16-5-1-2-6-17(16)22/h1-2,5-6,15H,3-4,7-14H2,(H,19,23). The van der Waals surface area contributed by atoms with Gasteiger partial charge in [-0.25, -0.2) is 9.80 Å². The smallest absolute Gasteiger partial charge is 0.336 e. The van der Waals surface area contributed by atoms with Crippen LogP contribution in [0.1, 0.15) is 25.7 Å². The largest absolute Gasteiger partial charge is 0.381 e. The van der Waals surface area contributed by atoms with E-state index in [0.29, 0.717) is 6.04 Å². The van der Waals surface area contributed by atoms with Crippen molar-refractivity contribution in [2.45, 2.75) is 31.7 Å². The number of rotatable bonds is 2. The summed E-state index contributed by atoms with van der Waals surface area (Å²) in [6.45, 7) is 5.19. The molecule has 4 rings (SSSR count). The number of hydrazine groups is 1. The summed E-state index contributed by atoms with van der Waals surface area (Å²) in [5.41, 5.74) is 5.26. The van der Waals surface area contributed by atoms with Gasteiger partial charge >= 0.3 is 6.03 Å². The van der Waals surface area contributed by atoms with Crippen molar-refractivity contribution in [3.8, 4) is 0 Å². The maximum absolute atomic E-state index is 12.7. The monoisotopic (exact) mass is 330 g/mol. The quantitative estimate of drug-likeness (QED) is 0.903. The molecule has 3 aliphatic heterocycles. The number of fused-ring (bicyclic) bond motifs is 1. The second-order valence-corrected chi connectivity index (χ2v) is 6.79. The van der Waals surface area contributed by atoms with Crippen molar-refractivity contribution in [2.24, 2.45) is 0 Å². The molecule has 2 amide bonds. The number of para-hydroxylation sites is 2. The summed E-state index contributed by atoms with van der Waals surface area (Å²) >= 11 is 0. The van der Waals surface area contributed by atoms with E-state index < -0.39 is 0 Å². The maximum Gasteiger partial charge on any atom is 0.336 e. The van der Waals surface area contributed by atoms with Crippen molar-refractivity contribution < 1.29 is 9.53 Å². The topological polar surface area (TPSA) is 48.1 Å². The normalized spacial score (nSPS) is 22.5. The van der Waals surface area contributed by atoms with Gasteiger partial charge in [0.25, 0.3) is 0 Å². The van der Waals surface area contributed by atoms with E-state index in [9.17, 15) is 4.79 Å². The van der Waals surface area contributed by atoms with Crippen LogP contribution in [-0.2, 0) is 4.74 Å². The summed E-state index contributed by atoms with van der Waals surface area (Å²) in [7, 11) is 0. The molecule has 0 aliphatic carbocycles. The van der Waals surface area contributed by atoms with Gasteiger partial charge in [-0.15, -0.1) is 0 Å². The average Bonchev–Trinajstić information content (AvgIpc) is 3.14. The summed E-state index contributed by atoms with van der Waals surface area (Å²) < 4.78 is 5.51. The number of amides is 2. The molecular weight excluding hydrogens is 304 g/mol. The van der Waals surface area contributed by atoms with Crippen LogP contribution in [0, 0.1) is 0 Å². The third-order valence-corrected chi connectivity index (χ3v) is 5.28. The number of carbonyl (C=O) groups excluding carboxylic acids is 1. The molecule has 1 N–H and O–H groups in total. The fourth-order valence-electron chi connectivity index (χ4n) is 4.00. The number of benzene rings is 1. The van der Waals surface area contributed by atoms with Gasteiger partial charge < -0.3 is 9.64 Å². The fraction of sp³-hybridized carbons (Fsp3) is 0.611. The van der Waals surface area contributed by atoms with Gasteiger partial charge in [-0.3, -0.25) is 10.3 Å². The van der Waals surface area contributed by atoms with Gasteiger partial charge in [0, 0.05) is 45.4 Å². The number of anilines is 2. The van der Waals surface area contributed by atoms with E-state index in [0.717, 1.165) is 70.8 Å². The molecule has 24 heavy (non-hydrogen) atoms. The predicted molar refractivity (Wildman–Crippen MR) is 94.3 cm³/mol. The molecule has 6 heteroatoms. The van der Waals surface area contributed by atoms with Crippen LogP contribution >= 0.6 is 0 Å². The Balaban J connectivity index is 1.53. The average molecular weight is 330 g/mol. The number of hydrogen-bond acceptors (Lipinski definition) is 4. The molecule has 0 saturated carbocycles. The highest BCUT2D eigenvalue weighted by atomic mass is 16.5. The lowest BCUT2D eigenvalue weighted by Crippen LogP contribution is -2.54. The number of carbonyl (C=O) groups is 1. The Morgan fingerprint density at radius 2 is 1.71 bits per heavy atom. The highest BCUT2D eigenvalue weighted by molar-refractivity contribution is 5.96. The van der Waals surface area contributed by atoms with Crippen molar-refractivity contribution in [1.82, 2.24) is 10.4 Å². The summed E-state index contributed by atoms with van der Waals surface area (Å²) in [6, 6.07) is 8.79. The van der Waals surface area contributed by atoms with Crippen molar-refractivity contribution in [3.05, 3.63) is 24.3 Å². The highest BCUT2D eigenvalue weighted by Gasteiger charge is 2.31. The van der Waals surface area contributed by atoms with Crippen LogP contribution in [-0.4, -0.2) is 56.5 Å². The number of nitrogens with zero attached hydrogens (tertiary/aromatic N) is 3. The third kappa shape index (κ3) is 3.08. The van der Waals surface area contributed by atoms with Crippen LogP contribution in [0.3, 0.4) is 0 Å². The molecule has 0 spiro atoms. The minimum atomic E-state index is -0.00372. The lowest BCUT2D eigenvalue weighted by atomic mass is 10.0. The van der Waals surface area contributed by atoms with E-state index in [1.165, 1.54) is 5.69 Å². The zero-order valence-corrected chi connectivity index (χ0v) is 14.1. The van der Waals surface area contributed by atoms with Crippen molar-refractivity contribution >= 4 is 17.4 Å². The predicted octanol–water partition coefficient (Wildman–Crippen LogP) is 2.21. The molecule has 1 aromatic rings. The maximum atomic E-state index is 12.7. The zero-order valence-electron chi connectivity index (χ0n) is 14.1. The van der Waals surface area contributed by atoms with Gasteiger partial charge in [0.05, 0.1) is 11.4 Å². The minimum absolute atomic E-state index is 0.00372. The molecule has 2 saturated heterocycles. The molecule has 2 fully saturated rings. The molecule has 0 unspecified atom stereocenters. The van der Waals surface area contributed by atoms with Gasteiger partial charge in [0.15, 0.2) is 0 Å². The summed E-state index contributed by atoms with van der Waals surface area (Å²) in [5, 5.41) is 2.04. The van der Waals surface area contributed by atoms with Crippen molar-refractivity contribution in [2.75, 3.05) is 49.2 Å². The lowest BCUT2D eigenvalue weighted by Gasteiger charge is -2.43. The van der Waals surface area contributed by atoms with E-state index >= 15 is 0 Å². The zero-order chi connectivity index (χ0) is 16.4. The number of ether oxygens (including phenoxy) is 1. The van der Waals surface area contributed by atoms with Crippen LogP contribution in [0.4, 0.5) is 16.2 Å². The highest BCUT2D eigenvalue weighted by Crippen LogP contribution is 2.35. The van der Waals surface area contributed by atoms with E-state index in [-0.39, 0.29) is 6.03 Å². The molecule has 3 aliphatic rings. The molecule has 130 valence electrons. The number of urea groups is 1. The first-order valence-electron chi connectivity index (χ1n) is 9.09. The first-order chi connectivity index (χ1) is 11.8.